The molecular weight excluding hydrogens is 269 g/mol. The van der Waals surface area contributed by atoms with Crippen molar-refractivity contribution in [1.29, 1.82) is 0 Å². The second-order valence-electron chi connectivity index (χ2n) is 4.68. The number of nitrogens with one attached hydrogen (secondary N) is 1. The van der Waals surface area contributed by atoms with Gasteiger partial charge in [0, 0.05) is 30.7 Å². The third kappa shape index (κ3) is 3.68. The topological polar surface area (TPSA) is 47.0 Å². The molecule has 1 aromatic heterocycles. The van der Waals surface area contributed by atoms with Crippen LogP contribution in [0.4, 0.5) is 10.2 Å². The van der Waals surface area contributed by atoms with Crippen LogP contribution in [0.2, 0.25) is 0 Å². The van der Waals surface area contributed by atoms with Crippen molar-refractivity contribution in [3.8, 4) is 17.0 Å². The van der Waals surface area contributed by atoms with E-state index in [4.69, 9.17) is 4.74 Å². The number of methoxy groups -OCH3 is 1. The number of halogens is 1. The molecule has 2 aromatic rings. The van der Waals surface area contributed by atoms with E-state index >= 15 is 0 Å². The van der Waals surface area contributed by atoms with Gasteiger partial charge in [-0.15, -0.1) is 0 Å². The van der Waals surface area contributed by atoms with Crippen LogP contribution in [0.3, 0.4) is 0 Å². The molecule has 0 amide bonds. The molecule has 21 heavy (non-hydrogen) atoms. The monoisotopic (exact) mass is 289 g/mol. The highest BCUT2D eigenvalue weighted by atomic mass is 19.1. The third-order valence-corrected chi connectivity index (χ3v) is 3.06. The zero-order chi connectivity index (χ0) is 15.2. The van der Waals surface area contributed by atoms with E-state index < -0.39 is 0 Å². The Bertz CT molecular complexity index is 592. The van der Waals surface area contributed by atoms with Gasteiger partial charge in [0.25, 0.3) is 0 Å². The molecule has 0 bridgehead atoms. The predicted octanol–water partition coefficient (Wildman–Crippen LogP) is 3.68. The Hall–Kier alpha value is -2.17. The summed E-state index contributed by atoms with van der Waals surface area (Å²) in [4.78, 5) is 8.89. The predicted molar refractivity (Wildman–Crippen MR) is 82.1 cm³/mol. The van der Waals surface area contributed by atoms with Crippen LogP contribution in [0.15, 0.2) is 24.3 Å². The molecule has 0 unspecified atom stereocenters. The van der Waals surface area contributed by atoms with E-state index in [1.54, 1.807) is 18.2 Å². The van der Waals surface area contributed by atoms with Crippen LogP contribution in [0.25, 0.3) is 11.3 Å². The lowest BCUT2D eigenvalue weighted by Gasteiger charge is -2.10. The molecule has 2 rings (SSSR count). The molecule has 0 radical (unpaired) electrons. The van der Waals surface area contributed by atoms with Gasteiger partial charge in [-0.1, -0.05) is 6.92 Å². The first kappa shape index (κ1) is 15.2. The summed E-state index contributed by atoms with van der Waals surface area (Å²) in [5.74, 6) is 1.59. The van der Waals surface area contributed by atoms with Gasteiger partial charge in [-0.2, -0.15) is 0 Å². The second kappa shape index (κ2) is 7.02. The third-order valence-electron chi connectivity index (χ3n) is 3.06. The lowest BCUT2D eigenvalue weighted by atomic mass is 10.1. The van der Waals surface area contributed by atoms with Crippen LogP contribution < -0.4 is 10.1 Å². The van der Waals surface area contributed by atoms with Crippen molar-refractivity contribution < 1.29 is 9.13 Å². The summed E-state index contributed by atoms with van der Waals surface area (Å²) in [7, 11) is 1.52. The number of aromatic nitrogens is 2. The Morgan fingerprint density at radius 1 is 1.19 bits per heavy atom. The number of hydrogen-bond acceptors (Lipinski definition) is 4. The number of ether oxygens (including phenoxy) is 1. The van der Waals surface area contributed by atoms with Crippen molar-refractivity contribution >= 4 is 5.82 Å². The van der Waals surface area contributed by atoms with E-state index in [9.17, 15) is 4.39 Å². The summed E-state index contributed by atoms with van der Waals surface area (Å²) in [5, 5.41) is 3.16. The maximum atomic E-state index is 14.2. The van der Waals surface area contributed by atoms with Gasteiger partial charge in [0.05, 0.1) is 12.8 Å². The summed E-state index contributed by atoms with van der Waals surface area (Å²) >= 11 is 0. The fourth-order valence-corrected chi connectivity index (χ4v) is 2.07. The molecule has 0 fully saturated rings. The molecular formula is C16H20FN3O. The Morgan fingerprint density at radius 2 is 2.00 bits per heavy atom. The van der Waals surface area contributed by atoms with Crippen LogP contribution in [-0.4, -0.2) is 23.6 Å². The van der Waals surface area contributed by atoms with Crippen LogP contribution in [0.1, 0.15) is 26.1 Å². The highest BCUT2D eigenvalue weighted by Crippen LogP contribution is 2.26. The number of nitrogens with zero attached hydrogens (tertiary/aromatic N) is 2. The summed E-state index contributed by atoms with van der Waals surface area (Å²) in [6.45, 7) is 4.82. The maximum absolute atomic E-state index is 14.2. The molecule has 0 aliphatic rings. The Kier molecular flexibility index (Phi) is 5.09. The maximum Gasteiger partial charge on any atom is 0.136 e. The number of aryl methyl sites for hydroxylation is 1. The first-order valence-electron chi connectivity index (χ1n) is 7.13. The molecule has 0 spiro atoms. The molecule has 5 heteroatoms. The number of rotatable bonds is 6. The molecule has 1 N–H and O–H groups in total. The van der Waals surface area contributed by atoms with Gasteiger partial charge in [-0.3, -0.25) is 0 Å². The minimum absolute atomic E-state index is 0.349. The number of benzene rings is 1. The van der Waals surface area contributed by atoms with Crippen molar-refractivity contribution in [2.45, 2.75) is 26.7 Å². The Morgan fingerprint density at radius 3 is 2.62 bits per heavy atom. The molecule has 1 heterocycles. The first-order chi connectivity index (χ1) is 10.2. The summed E-state index contributed by atoms with van der Waals surface area (Å²) in [6, 6.07) is 6.55. The highest BCUT2D eigenvalue weighted by Gasteiger charge is 2.11. The van der Waals surface area contributed by atoms with Gasteiger partial charge in [0.1, 0.15) is 23.2 Å². The molecule has 0 saturated heterocycles. The van der Waals surface area contributed by atoms with Crippen molar-refractivity contribution in [2.75, 3.05) is 19.0 Å². The fraction of sp³-hybridized carbons (Fsp3) is 0.375. The lowest BCUT2D eigenvalue weighted by Crippen LogP contribution is -2.05. The van der Waals surface area contributed by atoms with Crippen LogP contribution >= 0.6 is 0 Å². The lowest BCUT2D eigenvalue weighted by molar-refractivity contribution is 0.411. The number of anilines is 1. The molecule has 0 aliphatic heterocycles. The Balaban J connectivity index is 2.46. The van der Waals surface area contributed by atoms with Gasteiger partial charge in [0.2, 0.25) is 0 Å². The summed E-state index contributed by atoms with van der Waals surface area (Å²) in [6.07, 6.45) is 1.71. The van der Waals surface area contributed by atoms with Gasteiger partial charge < -0.3 is 10.1 Å². The normalized spacial score (nSPS) is 10.5. The number of hydrogen-bond donors (Lipinski definition) is 1. The van der Waals surface area contributed by atoms with Crippen molar-refractivity contribution in [3.63, 3.8) is 0 Å². The van der Waals surface area contributed by atoms with Crippen molar-refractivity contribution in [2.24, 2.45) is 0 Å². The van der Waals surface area contributed by atoms with E-state index in [2.05, 4.69) is 22.2 Å². The van der Waals surface area contributed by atoms with E-state index in [0.717, 1.165) is 31.0 Å². The zero-order valence-electron chi connectivity index (χ0n) is 12.6. The molecule has 1 aromatic carbocycles. The largest absolute Gasteiger partial charge is 0.497 e. The molecule has 112 valence electrons. The molecule has 0 aliphatic carbocycles. The fourth-order valence-electron chi connectivity index (χ4n) is 2.07. The van der Waals surface area contributed by atoms with E-state index in [-0.39, 0.29) is 5.82 Å². The molecule has 0 saturated carbocycles. The first-order valence-corrected chi connectivity index (χ1v) is 7.13. The van der Waals surface area contributed by atoms with Crippen molar-refractivity contribution in [1.82, 2.24) is 9.97 Å². The van der Waals surface area contributed by atoms with E-state index in [1.165, 1.54) is 13.2 Å². The van der Waals surface area contributed by atoms with Crippen molar-refractivity contribution in [3.05, 3.63) is 35.9 Å². The van der Waals surface area contributed by atoms with Crippen LogP contribution in [-0.2, 0) is 6.42 Å². The minimum atomic E-state index is -0.349. The van der Waals surface area contributed by atoms with Gasteiger partial charge in [-0.25, -0.2) is 14.4 Å². The average molecular weight is 289 g/mol. The second-order valence-corrected chi connectivity index (χ2v) is 4.68. The standard InChI is InChI=1S/C16H20FN3O/c1-4-6-15-19-14(10-16(20-15)18-5-2)12-8-7-11(21-3)9-13(12)17/h7-10H,4-6H2,1-3H3,(H,18,19,20). The summed E-state index contributed by atoms with van der Waals surface area (Å²) in [5.41, 5.74) is 1.04. The minimum Gasteiger partial charge on any atom is -0.497 e. The smallest absolute Gasteiger partial charge is 0.136 e. The van der Waals surface area contributed by atoms with E-state index in [1.807, 2.05) is 6.92 Å². The zero-order valence-corrected chi connectivity index (χ0v) is 12.6. The average Bonchev–Trinajstić information content (AvgIpc) is 2.47. The molecule has 4 nitrogen and oxygen atoms in total. The van der Waals surface area contributed by atoms with Gasteiger partial charge in [-0.05, 0) is 25.5 Å². The highest BCUT2D eigenvalue weighted by molar-refractivity contribution is 5.64. The quantitative estimate of drug-likeness (QED) is 0.881. The molecule has 0 atom stereocenters. The SMILES string of the molecule is CCCc1nc(NCC)cc(-c2ccc(OC)cc2F)n1. The van der Waals surface area contributed by atoms with Gasteiger partial charge in [0.15, 0.2) is 0 Å². The summed E-state index contributed by atoms with van der Waals surface area (Å²) < 4.78 is 19.2. The van der Waals surface area contributed by atoms with E-state index in [0.29, 0.717) is 17.0 Å². The van der Waals surface area contributed by atoms with Gasteiger partial charge >= 0.3 is 0 Å². The van der Waals surface area contributed by atoms with Crippen LogP contribution in [0.5, 0.6) is 5.75 Å². The van der Waals surface area contributed by atoms with Crippen LogP contribution in [0, 0.1) is 5.82 Å². The Labute approximate surface area is 124 Å².